The van der Waals surface area contributed by atoms with Crippen molar-refractivity contribution in [2.75, 3.05) is 13.2 Å². The minimum atomic E-state index is -2.24. The molecule has 0 atom stereocenters. The molecule has 3 heterocycles. The summed E-state index contributed by atoms with van der Waals surface area (Å²) in [7, 11) is -4.48. The summed E-state index contributed by atoms with van der Waals surface area (Å²) in [6, 6.07) is 25.0. The summed E-state index contributed by atoms with van der Waals surface area (Å²) in [6.45, 7) is 61.9. The molecule has 8 nitrogen and oxygen atoms in total. The minimum Gasteiger partial charge on any atom is -0.493 e. The Bertz CT molecular complexity index is 3830. The first-order valence-corrected chi connectivity index (χ1v) is 33.6. The first-order chi connectivity index (χ1) is 39.4. The topological polar surface area (TPSA) is 89.5 Å². The molecule has 6 aromatic carbocycles. The van der Waals surface area contributed by atoms with Gasteiger partial charge in [-0.15, -0.1) is 0 Å². The van der Waals surface area contributed by atoms with Crippen molar-refractivity contribution in [3.05, 3.63) is 128 Å². The highest BCUT2D eigenvalue weighted by molar-refractivity contribution is 7.32. The molecule has 9 rings (SSSR count). The van der Waals surface area contributed by atoms with Crippen LogP contribution in [0.2, 0.25) is 0 Å². The second-order valence-corrected chi connectivity index (χ2v) is 35.0. The van der Waals surface area contributed by atoms with E-state index < -0.39 is 16.5 Å². The lowest BCUT2D eigenvalue weighted by Crippen LogP contribution is -2.17. The maximum absolute atomic E-state index is 7.67. The number of hydrogen-bond acceptors (Lipinski definition) is 8. The molecule has 0 amide bonds. The van der Waals surface area contributed by atoms with Gasteiger partial charge in [0.1, 0.15) is 33.8 Å². The zero-order chi connectivity index (χ0) is 63.6. The van der Waals surface area contributed by atoms with Crippen LogP contribution in [0.5, 0.6) is 23.0 Å². The standard InChI is InChI=1S/C76H102O8P2/c1-44-31-32-59-60(63(44)79-85-81-65-51(36-47(69(4,5)6)40-55(65)73(16,17)18)52-37-48(70(7,8)9)41-56(66(52)82-85)74(19,20)21)61-62(78-34-30-28-29-33-77-59)45(2)35-46(3)64(61)80-86-83-67-53(38-49(71(10,11)12)42-57(67)75(22,23)24)54-39-50(72(13,14)15)43-58(68(54)84-86)76(25,26)27/h31-32,35-43H,28-30,33-34H2,1-27H3. The molecule has 0 bridgehead atoms. The first-order valence-electron chi connectivity index (χ1n) is 31.4. The van der Waals surface area contributed by atoms with Crippen molar-refractivity contribution >= 4 is 60.4 Å². The fraction of sp³-hybridized carbons (Fsp3) is 0.526. The normalized spacial score (nSPS) is 14.4. The van der Waals surface area contributed by atoms with E-state index in [0.29, 0.717) is 47.3 Å². The number of aryl methyl sites for hydroxylation is 3. The van der Waals surface area contributed by atoms with Crippen LogP contribution in [-0.2, 0) is 43.3 Å². The molecule has 0 unspecified atom stereocenters. The van der Waals surface area contributed by atoms with Crippen molar-refractivity contribution in [3.63, 3.8) is 0 Å². The molecule has 464 valence electrons. The first kappa shape index (κ1) is 64.8. The van der Waals surface area contributed by atoms with E-state index in [1.807, 2.05) is 0 Å². The van der Waals surface area contributed by atoms with Crippen LogP contribution in [0, 0.1) is 20.8 Å². The van der Waals surface area contributed by atoms with Gasteiger partial charge in [-0.3, -0.25) is 0 Å². The van der Waals surface area contributed by atoms with E-state index in [4.69, 9.17) is 35.3 Å². The molecule has 0 spiro atoms. The maximum atomic E-state index is 7.67. The van der Waals surface area contributed by atoms with Crippen LogP contribution in [0.4, 0.5) is 0 Å². The summed E-state index contributed by atoms with van der Waals surface area (Å²) in [6.07, 6.45) is 2.63. The monoisotopic (exact) mass is 1200 g/mol. The number of rotatable bonds is 4. The molecule has 0 aliphatic carbocycles. The van der Waals surface area contributed by atoms with Crippen LogP contribution in [-0.4, -0.2) is 13.2 Å². The van der Waals surface area contributed by atoms with Crippen LogP contribution >= 0.6 is 16.5 Å². The summed E-state index contributed by atoms with van der Waals surface area (Å²) >= 11 is 0. The highest BCUT2D eigenvalue weighted by atomic mass is 31.1. The summed E-state index contributed by atoms with van der Waals surface area (Å²) in [5.41, 5.74) is 14.4. The molecule has 0 saturated carbocycles. The summed E-state index contributed by atoms with van der Waals surface area (Å²) < 4.78 is 59.5. The van der Waals surface area contributed by atoms with Gasteiger partial charge >= 0.3 is 16.5 Å². The van der Waals surface area contributed by atoms with Crippen LogP contribution in [0.15, 0.2) is 83.5 Å². The fourth-order valence-corrected chi connectivity index (χ4v) is 14.0. The van der Waals surface area contributed by atoms with Crippen LogP contribution in [0.25, 0.3) is 55.0 Å². The molecule has 1 aliphatic heterocycles. The molecule has 0 saturated heterocycles. The van der Waals surface area contributed by atoms with Gasteiger partial charge in [-0.05, 0) is 159 Å². The average Bonchev–Trinajstić information content (AvgIpc) is 1.40. The number of ether oxygens (including phenoxy) is 2. The Balaban J connectivity index is 1.43. The van der Waals surface area contributed by atoms with Crippen LogP contribution in [0.3, 0.4) is 0 Å². The molecular weight excluding hydrogens is 1100 g/mol. The summed E-state index contributed by atoms with van der Waals surface area (Å²) in [5, 5.41) is 3.99. The van der Waals surface area contributed by atoms with Gasteiger partial charge in [-0.1, -0.05) is 197 Å². The van der Waals surface area contributed by atoms with E-state index in [1.54, 1.807) is 0 Å². The Labute approximate surface area is 517 Å². The lowest BCUT2D eigenvalue weighted by atomic mass is 9.77. The Morgan fingerprint density at radius 3 is 0.953 bits per heavy atom. The van der Waals surface area contributed by atoms with Gasteiger partial charge in [0.25, 0.3) is 0 Å². The third kappa shape index (κ3) is 13.1. The van der Waals surface area contributed by atoms with Gasteiger partial charge in [0.05, 0.1) is 24.3 Å². The SMILES string of the molecule is Cc1ccc2c(c1Op1oc3c(C(C)(C)C)cc(C(C)(C)C)cc3c3cc(C(C)(C)C)cc(C(C)(C)C)c3o1)-c1c(c(C)cc(C)c1Op1oc3c(C(C)(C)C)cc(C(C)(C)C)cc3c3cc(C(C)(C)C)cc(C(C)(C)C)c3o1)OCCCCCO2. The van der Waals surface area contributed by atoms with Gasteiger partial charge in [0.2, 0.25) is 0 Å². The number of hydrogen-bond donors (Lipinski definition) is 0. The molecule has 0 N–H and O–H groups in total. The lowest BCUT2D eigenvalue weighted by molar-refractivity contribution is 0.283. The predicted octanol–water partition coefficient (Wildman–Crippen LogP) is 24.5. The van der Waals surface area contributed by atoms with Gasteiger partial charge in [0.15, 0.2) is 11.5 Å². The molecule has 86 heavy (non-hydrogen) atoms. The third-order valence-corrected chi connectivity index (χ3v) is 19.1. The van der Waals surface area contributed by atoms with Crippen molar-refractivity contribution in [2.24, 2.45) is 0 Å². The van der Waals surface area contributed by atoms with E-state index in [1.165, 1.54) is 22.3 Å². The van der Waals surface area contributed by atoms with E-state index in [9.17, 15) is 0 Å². The van der Waals surface area contributed by atoms with Gasteiger partial charge in [0, 0.05) is 43.8 Å². The Morgan fingerprint density at radius 2 is 0.640 bits per heavy atom. The van der Waals surface area contributed by atoms with Gasteiger partial charge < -0.3 is 35.3 Å². The number of benzene rings is 6. The number of fused-ring (bicyclic) bond motifs is 9. The smallest absolute Gasteiger partial charge is 0.453 e. The summed E-state index contributed by atoms with van der Waals surface area (Å²) in [4.78, 5) is 0. The Hall–Kier alpha value is -5.68. The highest BCUT2D eigenvalue weighted by Gasteiger charge is 2.35. The lowest BCUT2D eigenvalue weighted by Gasteiger charge is -2.27. The zero-order valence-electron chi connectivity index (χ0n) is 57.5. The molecule has 8 aromatic rings. The summed E-state index contributed by atoms with van der Waals surface area (Å²) in [5.74, 6) is 2.41. The maximum Gasteiger partial charge on any atom is 0.453 e. The average molecular weight is 1210 g/mol. The van der Waals surface area contributed by atoms with Crippen LogP contribution < -0.4 is 18.5 Å². The molecule has 1 aliphatic rings. The molecule has 10 heteroatoms. The van der Waals surface area contributed by atoms with Crippen molar-refractivity contribution in [3.8, 4) is 34.1 Å². The molecule has 0 fully saturated rings. The van der Waals surface area contributed by atoms with E-state index in [2.05, 4.69) is 254 Å². The van der Waals surface area contributed by atoms with Crippen molar-refractivity contribution in [1.82, 2.24) is 0 Å². The third-order valence-electron chi connectivity index (χ3n) is 17.1. The van der Waals surface area contributed by atoms with Gasteiger partial charge in [-0.25, -0.2) is 0 Å². The second kappa shape index (κ2) is 22.4. The Kier molecular flexibility index (Phi) is 16.9. The van der Waals surface area contributed by atoms with E-state index in [-0.39, 0.29) is 43.3 Å². The second-order valence-electron chi connectivity index (χ2n) is 33.0. The molecular formula is C76H102O8P2. The molecule has 2 aromatic heterocycles. The van der Waals surface area contributed by atoms with Crippen LogP contribution in [0.1, 0.15) is 247 Å². The largest absolute Gasteiger partial charge is 0.493 e. The van der Waals surface area contributed by atoms with E-state index >= 15 is 0 Å². The van der Waals surface area contributed by atoms with Crippen molar-refractivity contribution in [2.45, 2.75) is 250 Å². The fourth-order valence-electron chi connectivity index (χ4n) is 11.6. The van der Waals surface area contributed by atoms with Crippen molar-refractivity contribution in [1.29, 1.82) is 0 Å². The predicted molar refractivity (Wildman–Crippen MR) is 365 cm³/mol. The minimum absolute atomic E-state index is 0.159. The molecule has 0 radical (unpaired) electrons. The quantitative estimate of drug-likeness (QED) is 0.172. The Morgan fingerprint density at radius 1 is 0.326 bits per heavy atom. The zero-order valence-corrected chi connectivity index (χ0v) is 59.3. The highest BCUT2D eigenvalue weighted by Crippen LogP contribution is 2.57. The van der Waals surface area contributed by atoms with Gasteiger partial charge in [-0.2, -0.15) is 0 Å². The van der Waals surface area contributed by atoms with Crippen molar-refractivity contribution < 1.29 is 35.3 Å². The van der Waals surface area contributed by atoms with E-state index in [0.717, 1.165) is 102 Å².